The quantitative estimate of drug-likeness (QED) is 0.617. The van der Waals surface area contributed by atoms with Crippen molar-refractivity contribution in [3.05, 3.63) is 70.8 Å². The molecule has 6 heteroatoms. The number of carbonyl (C=O) groups is 1. The minimum atomic E-state index is -0.988. The van der Waals surface area contributed by atoms with Crippen molar-refractivity contribution in [3.63, 3.8) is 0 Å². The molecule has 2 aliphatic rings. The number of amides is 1. The van der Waals surface area contributed by atoms with E-state index in [-0.39, 0.29) is 17.6 Å². The standard InChI is InChI=1S/C26H32F2N2O2/c1-19-5-2-3-6-22(19)17-29-12-10-20(11-13-29)16-30(18-23-7-4-14-32-23)26(31)21-8-9-24(27)25(28)15-21/h2-3,5-6,8-9,15,20,23H,4,7,10-14,16-18H2,1H3. The highest BCUT2D eigenvalue weighted by molar-refractivity contribution is 5.94. The first-order valence-electron chi connectivity index (χ1n) is 11.6. The first kappa shape index (κ1) is 22.9. The summed E-state index contributed by atoms with van der Waals surface area (Å²) in [6.07, 6.45) is 3.97. The maximum atomic E-state index is 13.7. The van der Waals surface area contributed by atoms with Crippen LogP contribution < -0.4 is 0 Å². The molecule has 0 N–H and O–H groups in total. The second-order valence-electron chi connectivity index (χ2n) is 9.12. The minimum absolute atomic E-state index is 0.0189. The number of benzene rings is 2. The van der Waals surface area contributed by atoms with Gasteiger partial charge >= 0.3 is 0 Å². The van der Waals surface area contributed by atoms with Gasteiger partial charge in [0.1, 0.15) is 0 Å². The molecule has 2 saturated heterocycles. The molecule has 0 radical (unpaired) electrons. The van der Waals surface area contributed by atoms with Crippen LogP contribution in [-0.2, 0) is 11.3 Å². The van der Waals surface area contributed by atoms with E-state index in [0.29, 0.717) is 19.0 Å². The van der Waals surface area contributed by atoms with Crippen LogP contribution in [0.5, 0.6) is 0 Å². The highest BCUT2D eigenvalue weighted by Crippen LogP contribution is 2.24. The molecule has 4 nitrogen and oxygen atoms in total. The highest BCUT2D eigenvalue weighted by atomic mass is 19.2. The van der Waals surface area contributed by atoms with Gasteiger partial charge in [0.05, 0.1) is 6.10 Å². The summed E-state index contributed by atoms with van der Waals surface area (Å²) in [5.74, 6) is -1.79. The van der Waals surface area contributed by atoms with Crippen molar-refractivity contribution in [2.24, 2.45) is 5.92 Å². The molecular formula is C26H32F2N2O2. The molecule has 2 aliphatic heterocycles. The van der Waals surface area contributed by atoms with Crippen LogP contribution in [0.2, 0.25) is 0 Å². The highest BCUT2D eigenvalue weighted by Gasteiger charge is 2.28. The van der Waals surface area contributed by atoms with Gasteiger partial charge in [0.2, 0.25) is 0 Å². The predicted molar refractivity (Wildman–Crippen MR) is 120 cm³/mol. The van der Waals surface area contributed by atoms with E-state index < -0.39 is 11.6 Å². The van der Waals surface area contributed by atoms with Gasteiger partial charge in [-0.15, -0.1) is 0 Å². The Hall–Kier alpha value is -2.31. The predicted octanol–water partition coefficient (Wildman–Crippen LogP) is 4.81. The summed E-state index contributed by atoms with van der Waals surface area (Å²) in [4.78, 5) is 17.5. The monoisotopic (exact) mass is 442 g/mol. The van der Waals surface area contributed by atoms with Crippen LogP contribution >= 0.6 is 0 Å². The largest absolute Gasteiger partial charge is 0.376 e. The maximum Gasteiger partial charge on any atom is 0.254 e. The smallest absolute Gasteiger partial charge is 0.254 e. The number of rotatable bonds is 7. The Bertz CT molecular complexity index is 922. The number of nitrogens with zero attached hydrogens (tertiary/aromatic N) is 2. The molecule has 32 heavy (non-hydrogen) atoms. The Morgan fingerprint density at radius 3 is 2.53 bits per heavy atom. The first-order valence-corrected chi connectivity index (χ1v) is 11.6. The summed E-state index contributed by atoms with van der Waals surface area (Å²) in [5, 5.41) is 0. The van der Waals surface area contributed by atoms with Crippen LogP contribution in [0, 0.1) is 24.5 Å². The molecule has 0 saturated carbocycles. The van der Waals surface area contributed by atoms with E-state index in [2.05, 4.69) is 36.1 Å². The Morgan fingerprint density at radius 2 is 1.84 bits per heavy atom. The molecule has 1 amide bonds. The van der Waals surface area contributed by atoms with Crippen molar-refractivity contribution in [1.82, 2.24) is 9.80 Å². The van der Waals surface area contributed by atoms with Crippen molar-refractivity contribution >= 4 is 5.91 Å². The van der Waals surface area contributed by atoms with Crippen molar-refractivity contribution in [2.75, 3.05) is 32.8 Å². The lowest BCUT2D eigenvalue weighted by atomic mass is 9.95. The number of piperidine rings is 1. The number of carbonyl (C=O) groups excluding carboxylic acids is 1. The third-order valence-corrected chi connectivity index (χ3v) is 6.74. The fourth-order valence-electron chi connectivity index (χ4n) is 4.75. The molecule has 0 aliphatic carbocycles. The lowest BCUT2D eigenvalue weighted by Crippen LogP contribution is -2.43. The third kappa shape index (κ3) is 5.73. The number of hydrogen-bond donors (Lipinski definition) is 0. The van der Waals surface area contributed by atoms with Gasteiger partial charge in [0.25, 0.3) is 5.91 Å². The van der Waals surface area contributed by atoms with E-state index in [1.165, 1.54) is 17.2 Å². The van der Waals surface area contributed by atoms with Gasteiger partial charge in [-0.2, -0.15) is 0 Å². The molecule has 172 valence electrons. The van der Waals surface area contributed by atoms with Crippen molar-refractivity contribution in [3.8, 4) is 0 Å². The molecule has 2 heterocycles. The molecule has 2 fully saturated rings. The summed E-state index contributed by atoms with van der Waals surface area (Å²) in [6, 6.07) is 11.9. The minimum Gasteiger partial charge on any atom is -0.376 e. The fraction of sp³-hybridized carbons (Fsp3) is 0.500. The van der Waals surface area contributed by atoms with Crippen LogP contribution in [0.15, 0.2) is 42.5 Å². The van der Waals surface area contributed by atoms with Gasteiger partial charge in [0.15, 0.2) is 11.6 Å². The van der Waals surface area contributed by atoms with E-state index in [4.69, 9.17) is 4.74 Å². The van der Waals surface area contributed by atoms with Gasteiger partial charge in [-0.05, 0) is 80.9 Å². The first-order chi connectivity index (χ1) is 15.5. The number of hydrogen-bond acceptors (Lipinski definition) is 3. The number of halogens is 2. The number of ether oxygens (including phenoxy) is 1. The molecule has 1 atom stereocenters. The number of likely N-dealkylation sites (tertiary alicyclic amines) is 1. The van der Waals surface area contributed by atoms with E-state index in [0.717, 1.165) is 64.1 Å². The van der Waals surface area contributed by atoms with Gasteiger partial charge in [-0.25, -0.2) is 8.78 Å². The Morgan fingerprint density at radius 1 is 1.06 bits per heavy atom. The molecule has 4 rings (SSSR count). The second kappa shape index (κ2) is 10.5. The SMILES string of the molecule is Cc1ccccc1CN1CCC(CN(CC2CCCO2)C(=O)c2ccc(F)c(F)c2)CC1. The van der Waals surface area contributed by atoms with Crippen LogP contribution in [-0.4, -0.2) is 54.6 Å². The normalized spacial score (nSPS) is 19.9. The molecule has 0 aromatic heterocycles. The molecule has 1 unspecified atom stereocenters. The van der Waals surface area contributed by atoms with Gasteiger partial charge in [-0.1, -0.05) is 24.3 Å². The lowest BCUT2D eigenvalue weighted by molar-refractivity contribution is 0.0444. The van der Waals surface area contributed by atoms with Gasteiger partial charge in [-0.3, -0.25) is 9.69 Å². The average molecular weight is 443 g/mol. The summed E-state index contributed by atoms with van der Waals surface area (Å²) < 4.78 is 32.9. The van der Waals surface area contributed by atoms with Crippen molar-refractivity contribution in [1.29, 1.82) is 0 Å². The van der Waals surface area contributed by atoms with E-state index >= 15 is 0 Å². The van der Waals surface area contributed by atoms with Crippen LogP contribution in [0.4, 0.5) is 8.78 Å². The molecule has 2 aromatic rings. The number of aryl methyl sites for hydroxylation is 1. The molecule has 0 spiro atoms. The summed E-state index contributed by atoms with van der Waals surface area (Å²) in [7, 11) is 0. The molecular weight excluding hydrogens is 410 g/mol. The Labute approximate surface area is 189 Å². The topological polar surface area (TPSA) is 32.8 Å². The maximum absolute atomic E-state index is 13.7. The average Bonchev–Trinajstić information content (AvgIpc) is 3.31. The van der Waals surface area contributed by atoms with E-state index in [1.54, 1.807) is 4.90 Å². The van der Waals surface area contributed by atoms with E-state index in [1.807, 2.05) is 0 Å². The van der Waals surface area contributed by atoms with Crippen LogP contribution in [0.25, 0.3) is 0 Å². The van der Waals surface area contributed by atoms with E-state index in [9.17, 15) is 13.6 Å². The lowest BCUT2D eigenvalue weighted by Gasteiger charge is -2.36. The van der Waals surface area contributed by atoms with Crippen LogP contribution in [0.3, 0.4) is 0 Å². The van der Waals surface area contributed by atoms with Gasteiger partial charge in [0, 0.05) is 31.8 Å². The molecule has 0 bridgehead atoms. The van der Waals surface area contributed by atoms with Crippen LogP contribution in [0.1, 0.15) is 47.2 Å². The summed E-state index contributed by atoms with van der Waals surface area (Å²) >= 11 is 0. The Balaban J connectivity index is 1.38. The van der Waals surface area contributed by atoms with Crippen molar-refractivity contribution in [2.45, 2.75) is 45.3 Å². The van der Waals surface area contributed by atoms with Gasteiger partial charge < -0.3 is 9.64 Å². The third-order valence-electron chi connectivity index (χ3n) is 6.74. The molecule has 2 aromatic carbocycles. The summed E-state index contributed by atoms with van der Waals surface area (Å²) in [5.41, 5.74) is 2.87. The zero-order valence-electron chi connectivity index (χ0n) is 18.7. The Kier molecular flexibility index (Phi) is 7.53. The second-order valence-corrected chi connectivity index (χ2v) is 9.12. The zero-order chi connectivity index (χ0) is 22.5. The fourth-order valence-corrected chi connectivity index (χ4v) is 4.75. The zero-order valence-corrected chi connectivity index (χ0v) is 18.7. The summed E-state index contributed by atoms with van der Waals surface area (Å²) in [6.45, 7) is 6.92. The van der Waals surface area contributed by atoms with Crippen molar-refractivity contribution < 1.29 is 18.3 Å².